The summed E-state index contributed by atoms with van der Waals surface area (Å²) < 4.78 is 13.6. The monoisotopic (exact) mass is 1120 g/mol. The molecule has 3 atom stereocenters. The van der Waals surface area contributed by atoms with Crippen molar-refractivity contribution in [3.05, 3.63) is 273 Å². The van der Waals surface area contributed by atoms with Crippen molar-refractivity contribution in [2.45, 2.75) is 150 Å². The molecule has 0 fully saturated rings. The van der Waals surface area contributed by atoms with Crippen molar-refractivity contribution in [1.29, 1.82) is 0 Å². The highest BCUT2D eigenvalue weighted by atomic mass is 16.5. The van der Waals surface area contributed by atoms with Crippen LogP contribution in [-0.2, 0) is 11.8 Å². The normalized spacial score (nSPS) is 17.5. The second-order valence-corrected chi connectivity index (χ2v) is 24.6. The fraction of sp³-hybridized carbons (Fsp3) is 0.325. The molecule has 0 amide bonds. The Hall–Kier alpha value is -7.68. The molecule has 8 aromatic rings. The molecule has 1 aliphatic rings. The van der Waals surface area contributed by atoms with Gasteiger partial charge in [0.25, 0.3) is 0 Å². The highest BCUT2D eigenvalue weighted by Crippen LogP contribution is 2.50. The molecule has 3 unspecified atom stereocenters. The molecule has 0 aromatic heterocycles. The van der Waals surface area contributed by atoms with Crippen LogP contribution in [-0.4, -0.2) is 13.7 Å². The molecule has 0 spiro atoms. The molecule has 2 nitrogen and oxygen atoms in total. The molecule has 0 bridgehead atoms. The molecule has 0 saturated carbocycles. The standard InChI is InChI=1S/C83H94O2/c1-9-13-53-83(54-26-15-14-19-29-62(5)10-2)55-28-52-82(7,12-4)79-59-67(56-75(81(79)85-61-76(83)11-3)60-74-37-27-30-63(6)80(74)84-8)39-38-64-40-50-73(51-41-64)78(72-35-24-18-25-36-72)58-66-44-48-69(49-45-66)68-46-42-65(43-47-68)57-77(70-31-20-16-21-32-70)71-33-22-17-23-34-71/h16-18,20-25,27,29-51,56-59,76H,9-15,19,26,28,52-55,60-61H2,1-8H3/b39-38+,62-29+,78-58-. The summed E-state index contributed by atoms with van der Waals surface area (Å²) in [5, 5.41) is 0. The Morgan fingerprint density at radius 1 is 0.565 bits per heavy atom. The average molecular weight is 1120 g/mol. The molecule has 0 aliphatic carbocycles. The number of methoxy groups -OCH3 is 1. The average Bonchev–Trinajstić information content (AvgIpc) is 2.40. The zero-order valence-electron chi connectivity index (χ0n) is 52.6. The van der Waals surface area contributed by atoms with E-state index < -0.39 is 0 Å². The first-order valence-corrected chi connectivity index (χ1v) is 32.2. The molecular formula is C83H94O2. The van der Waals surface area contributed by atoms with Gasteiger partial charge in [-0.2, -0.15) is 0 Å². The topological polar surface area (TPSA) is 18.5 Å². The fourth-order valence-electron chi connectivity index (χ4n) is 13.3. The van der Waals surface area contributed by atoms with E-state index in [4.69, 9.17) is 9.47 Å². The van der Waals surface area contributed by atoms with Crippen molar-refractivity contribution in [3.8, 4) is 22.6 Å². The van der Waals surface area contributed by atoms with Crippen molar-refractivity contribution in [3.63, 3.8) is 0 Å². The third-order valence-corrected chi connectivity index (χ3v) is 18.9. The van der Waals surface area contributed by atoms with Crippen LogP contribution in [0.3, 0.4) is 0 Å². The van der Waals surface area contributed by atoms with E-state index in [0.29, 0.717) is 11.3 Å². The maximum absolute atomic E-state index is 7.51. The zero-order chi connectivity index (χ0) is 59.4. The lowest BCUT2D eigenvalue weighted by Gasteiger charge is -2.44. The number of unbranched alkanes of at least 4 members (excludes halogenated alkanes) is 4. The second kappa shape index (κ2) is 30.4. The van der Waals surface area contributed by atoms with Crippen LogP contribution in [0.4, 0.5) is 0 Å². The predicted octanol–water partition coefficient (Wildman–Crippen LogP) is 23.3. The number of rotatable bonds is 24. The number of para-hydroxylation sites is 1. The van der Waals surface area contributed by atoms with Gasteiger partial charge in [0.15, 0.2) is 0 Å². The quantitative estimate of drug-likeness (QED) is 0.0341. The predicted molar refractivity (Wildman–Crippen MR) is 367 cm³/mol. The number of allylic oxidation sites excluding steroid dienone is 2. The van der Waals surface area contributed by atoms with E-state index in [1.54, 1.807) is 0 Å². The summed E-state index contributed by atoms with van der Waals surface area (Å²) in [6, 6.07) is 70.6. The summed E-state index contributed by atoms with van der Waals surface area (Å²) in [4.78, 5) is 0. The van der Waals surface area contributed by atoms with Gasteiger partial charge >= 0.3 is 0 Å². The van der Waals surface area contributed by atoms with Gasteiger partial charge in [-0.1, -0.05) is 273 Å². The molecule has 9 rings (SSSR count). The molecule has 8 aromatic carbocycles. The maximum Gasteiger partial charge on any atom is 0.126 e. The number of benzene rings is 8. The van der Waals surface area contributed by atoms with Crippen LogP contribution >= 0.6 is 0 Å². The van der Waals surface area contributed by atoms with Gasteiger partial charge in [0.05, 0.1) is 13.7 Å². The van der Waals surface area contributed by atoms with Gasteiger partial charge in [0.2, 0.25) is 0 Å². The van der Waals surface area contributed by atoms with Gasteiger partial charge in [0.1, 0.15) is 11.5 Å². The number of aryl methyl sites for hydroxylation is 1. The van der Waals surface area contributed by atoms with Crippen LogP contribution in [0, 0.1) is 18.3 Å². The lowest BCUT2D eigenvalue weighted by Crippen LogP contribution is -2.37. The SMILES string of the molecule is CCCCC1(CCCCC/C=C(\C)CC)CCCC(C)(CC)c2cc(/C=C/c3ccc(/C(=C\c4ccc(-c5ccc(C=C(c6ccccc6)c6ccccc6)cc5)cc4)c4ccccc4)cc3)cc(Cc3cccc(C)c3OC)c2OCC1CC. The van der Waals surface area contributed by atoms with Gasteiger partial charge in [0, 0.05) is 12.0 Å². The van der Waals surface area contributed by atoms with E-state index in [-0.39, 0.29) is 5.41 Å². The lowest BCUT2D eigenvalue weighted by atomic mass is 9.63. The van der Waals surface area contributed by atoms with E-state index in [1.807, 2.05) is 7.11 Å². The van der Waals surface area contributed by atoms with Crippen LogP contribution in [0.25, 0.3) is 46.6 Å². The van der Waals surface area contributed by atoms with Crippen molar-refractivity contribution in [1.82, 2.24) is 0 Å². The Labute approximate surface area is 512 Å². The van der Waals surface area contributed by atoms with Gasteiger partial charge in [-0.3, -0.25) is 0 Å². The zero-order valence-corrected chi connectivity index (χ0v) is 52.6. The molecule has 2 heteroatoms. The molecule has 85 heavy (non-hydrogen) atoms. The van der Waals surface area contributed by atoms with Crippen LogP contribution in [0.5, 0.6) is 11.5 Å². The molecule has 438 valence electrons. The Bertz CT molecular complexity index is 3450. The molecular weight excluding hydrogens is 1030 g/mol. The van der Waals surface area contributed by atoms with E-state index >= 15 is 0 Å². The highest BCUT2D eigenvalue weighted by molar-refractivity contribution is 5.93. The summed E-state index contributed by atoms with van der Waals surface area (Å²) >= 11 is 0. The Morgan fingerprint density at radius 2 is 1.12 bits per heavy atom. The summed E-state index contributed by atoms with van der Waals surface area (Å²) in [7, 11) is 1.81. The number of fused-ring (bicyclic) bond motifs is 1. The first-order valence-electron chi connectivity index (χ1n) is 32.2. The number of ether oxygens (including phenoxy) is 2. The second-order valence-electron chi connectivity index (χ2n) is 24.6. The van der Waals surface area contributed by atoms with Crippen LogP contribution in [0.1, 0.15) is 198 Å². The summed E-state index contributed by atoms with van der Waals surface area (Å²) in [6.07, 6.45) is 29.7. The van der Waals surface area contributed by atoms with Gasteiger partial charge in [-0.05, 0) is 196 Å². The minimum Gasteiger partial charge on any atom is -0.496 e. The van der Waals surface area contributed by atoms with Gasteiger partial charge in [-0.25, -0.2) is 0 Å². The van der Waals surface area contributed by atoms with E-state index in [1.165, 1.54) is 142 Å². The van der Waals surface area contributed by atoms with Crippen molar-refractivity contribution >= 4 is 35.5 Å². The summed E-state index contributed by atoms with van der Waals surface area (Å²) in [5.41, 5.74) is 21.0. The Balaban J connectivity index is 0.990. The van der Waals surface area contributed by atoms with Crippen molar-refractivity contribution in [2.24, 2.45) is 11.3 Å². The molecule has 0 N–H and O–H groups in total. The molecule has 0 radical (unpaired) electrons. The minimum atomic E-state index is -0.0499. The Kier molecular flexibility index (Phi) is 22.1. The fourth-order valence-corrected chi connectivity index (χ4v) is 13.3. The first-order chi connectivity index (χ1) is 41.5. The van der Waals surface area contributed by atoms with E-state index in [9.17, 15) is 0 Å². The minimum absolute atomic E-state index is 0.0499. The lowest BCUT2D eigenvalue weighted by molar-refractivity contribution is 0.0516. The van der Waals surface area contributed by atoms with Crippen molar-refractivity contribution < 1.29 is 9.47 Å². The van der Waals surface area contributed by atoms with Crippen LogP contribution < -0.4 is 9.47 Å². The number of hydrogen-bond donors (Lipinski definition) is 0. The molecule has 0 saturated heterocycles. The van der Waals surface area contributed by atoms with Gasteiger partial charge < -0.3 is 9.47 Å². The first kappa shape index (κ1) is 61.9. The molecule has 1 aliphatic heterocycles. The van der Waals surface area contributed by atoms with E-state index in [0.717, 1.165) is 66.9 Å². The maximum atomic E-state index is 7.51. The van der Waals surface area contributed by atoms with Gasteiger partial charge in [-0.15, -0.1) is 0 Å². The molecule has 1 heterocycles. The van der Waals surface area contributed by atoms with Crippen LogP contribution in [0.15, 0.2) is 206 Å². The van der Waals surface area contributed by atoms with Crippen LogP contribution in [0.2, 0.25) is 0 Å². The third-order valence-electron chi connectivity index (χ3n) is 18.9. The Morgan fingerprint density at radius 3 is 1.66 bits per heavy atom. The summed E-state index contributed by atoms with van der Waals surface area (Å²) in [5.74, 6) is 2.57. The summed E-state index contributed by atoms with van der Waals surface area (Å²) in [6.45, 7) is 17.2. The number of hydrogen-bond acceptors (Lipinski definition) is 2. The van der Waals surface area contributed by atoms with E-state index in [2.05, 4.69) is 273 Å². The largest absolute Gasteiger partial charge is 0.496 e. The third kappa shape index (κ3) is 16.0. The van der Waals surface area contributed by atoms with Crippen molar-refractivity contribution in [2.75, 3.05) is 13.7 Å². The smallest absolute Gasteiger partial charge is 0.126 e. The highest BCUT2D eigenvalue weighted by Gasteiger charge is 2.40.